The molecule has 2 rings (SSSR count). The Morgan fingerprint density at radius 1 is 1.38 bits per heavy atom. The number of hydrogen-bond donors (Lipinski definition) is 2. The van der Waals surface area contributed by atoms with Gasteiger partial charge in [0.25, 0.3) is 0 Å². The largest absolute Gasteiger partial charge is 0.369 e. The SMILES string of the molecule is NC(=O)C1CCN(CC(=O)Nc2ccc(F)cc2Cl)CC1. The molecule has 1 saturated heterocycles. The summed E-state index contributed by atoms with van der Waals surface area (Å²) in [5.41, 5.74) is 5.65. The molecule has 21 heavy (non-hydrogen) atoms. The Labute approximate surface area is 127 Å². The smallest absolute Gasteiger partial charge is 0.238 e. The number of rotatable bonds is 4. The number of benzene rings is 1. The highest BCUT2D eigenvalue weighted by atomic mass is 35.5. The zero-order valence-corrected chi connectivity index (χ0v) is 12.2. The van der Waals surface area contributed by atoms with Gasteiger partial charge in [-0.2, -0.15) is 0 Å². The van der Waals surface area contributed by atoms with Gasteiger partial charge >= 0.3 is 0 Å². The first kappa shape index (κ1) is 15.7. The lowest BCUT2D eigenvalue weighted by atomic mass is 9.96. The van der Waals surface area contributed by atoms with E-state index in [2.05, 4.69) is 5.32 Å². The van der Waals surface area contributed by atoms with Gasteiger partial charge in [-0.15, -0.1) is 0 Å². The summed E-state index contributed by atoms with van der Waals surface area (Å²) in [4.78, 5) is 25.0. The molecule has 0 unspecified atom stereocenters. The molecule has 1 aromatic rings. The summed E-state index contributed by atoms with van der Waals surface area (Å²) in [5.74, 6) is -1.05. The van der Waals surface area contributed by atoms with E-state index in [9.17, 15) is 14.0 Å². The number of nitrogens with one attached hydrogen (secondary N) is 1. The fourth-order valence-electron chi connectivity index (χ4n) is 2.36. The van der Waals surface area contributed by atoms with Gasteiger partial charge in [0.05, 0.1) is 17.3 Å². The third kappa shape index (κ3) is 4.41. The van der Waals surface area contributed by atoms with Crippen LogP contribution in [0, 0.1) is 11.7 Å². The van der Waals surface area contributed by atoms with E-state index in [1.807, 2.05) is 4.90 Å². The summed E-state index contributed by atoms with van der Waals surface area (Å²) in [6.45, 7) is 1.51. The Bertz CT molecular complexity index is 545. The second-order valence-electron chi connectivity index (χ2n) is 5.13. The van der Waals surface area contributed by atoms with E-state index in [0.29, 0.717) is 31.6 Å². The number of amides is 2. The highest BCUT2D eigenvalue weighted by Crippen LogP contribution is 2.22. The van der Waals surface area contributed by atoms with Crippen molar-refractivity contribution in [2.75, 3.05) is 25.0 Å². The first-order valence-electron chi connectivity index (χ1n) is 6.72. The summed E-state index contributed by atoms with van der Waals surface area (Å²) in [5, 5.41) is 2.81. The van der Waals surface area contributed by atoms with Gasteiger partial charge in [0.1, 0.15) is 5.82 Å². The molecule has 5 nitrogen and oxygen atoms in total. The Kier molecular flexibility index (Phi) is 5.14. The van der Waals surface area contributed by atoms with E-state index in [4.69, 9.17) is 17.3 Å². The van der Waals surface area contributed by atoms with Crippen molar-refractivity contribution in [3.8, 4) is 0 Å². The van der Waals surface area contributed by atoms with Crippen molar-refractivity contribution in [1.82, 2.24) is 4.90 Å². The summed E-state index contributed by atoms with van der Waals surface area (Å²) in [6, 6.07) is 3.81. The van der Waals surface area contributed by atoms with Gasteiger partial charge < -0.3 is 11.1 Å². The van der Waals surface area contributed by atoms with Crippen molar-refractivity contribution in [2.24, 2.45) is 11.7 Å². The topological polar surface area (TPSA) is 75.4 Å². The van der Waals surface area contributed by atoms with Gasteiger partial charge in [0.2, 0.25) is 11.8 Å². The van der Waals surface area contributed by atoms with Crippen molar-refractivity contribution in [2.45, 2.75) is 12.8 Å². The molecule has 0 radical (unpaired) electrons. The number of nitrogens with zero attached hydrogens (tertiary/aromatic N) is 1. The van der Waals surface area contributed by atoms with Crippen LogP contribution in [0.3, 0.4) is 0 Å². The molecule has 0 atom stereocenters. The molecule has 3 N–H and O–H groups in total. The van der Waals surface area contributed by atoms with Gasteiger partial charge in [-0.25, -0.2) is 4.39 Å². The number of carbonyl (C=O) groups is 2. The van der Waals surface area contributed by atoms with E-state index in [1.165, 1.54) is 12.1 Å². The number of piperidine rings is 1. The van der Waals surface area contributed by atoms with Gasteiger partial charge in [0, 0.05) is 5.92 Å². The van der Waals surface area contributed by atoms with Crippen LogP contribution in [-0.2, 0) is 9.59 Å². The molecular formula is C14H17ClFN3O2. The molecule has 1 heterocycles. The third-order valence-corrected chi connectivity index (χ3v) is 3.88. The number of carbonyl (C=O) groups excluding carboxylic acids is 2. The molecule has 0 saturated carbocycles. The maximum Gasteiger partial charge on any atom is 0.238 e. The van der Waals surface area contributed by atoms with Crippen LogP contribution in [0.1, 0.15) is 12.8 Å². The lowest BCUT2D eigenvalue weighted by Crippen LogP contribution is -2.42. The second kappa shape index (κ2) is 6.87. The minimum atomic E-state index is -0.452. The number of hydrogen-bond acceptors (Lipinski definition) is 3. The Morgan fingerprint density at radius 3 is 2.62 bits per heavy atom. The molecule has 7 heteroatoms. The molecule has 0 aliphatic carbocycles. The summed E-state index contributed by atoms with van der Waals surface area (Å²) in [6.07, 6.45) is 1.33. The van der Waals surface area contributed by atoms with Gasteiger partial charge in [-0.05, 0) is 44.1 Å². The van der Waals surface area contributed by atoms with E-state index in [-0.39, 0.29) is 29.3 Å². The number of halogens is 2. The van der Waals surface area contributed by atoms with Crippen molar-refractivity contribution < 1.29 is 14.0 Å². The zero-order chi connectivity index (χ0) is 15.4. The van der Waals surface area contributed by atoms with Crippen LogP contribution < -0.4 is 11.1 Å². The van der Waals surface area contributed by atoms with Crippen molar-refractivity contribution in [1.29, 1.82) is 0 Å². The van der Waals surface area contributed by atoms with Crippen LogP contribution >= 0.6 is 11.6 Å². The Morgan fingerprint density at radius 2 is 2.05 bits per heavy atom. The van der Waals surface area contributed by atoms with Gasteiger partial charge in [0.15, 0.2) is 0 Å². The van der Waals surface area contributed by atoms with Crippen molar-refractivity contribution in [3.05, 3.63) is 29.0 Å². The van der Waals surface area contributed by atoms with Gasteiger partial charge in [-0.3, -0.25) is 14.5 Å². The van der Waals surface area contributed by atoms with Crippen LogP contribution in [0.2, 0.25) is 5.02 Å². The maximum atomic E-state index is 12.9. The molecule has 1 aliphatic heterocycles. The van der Waals surface area contributed by atoms with E-state index < -0.39 is 5.82 Å². The molecule has 1 aliphatic rings. The average molecular weight is 314 g/mol. The van der Waals surface area contributed by atoms with Crippen LogP contribution in [0.15, 0.2) is 18.2 Å². The van der Waals surface area contributed by atoms with Crippen molar-refractivity contribution >= 4 is 29.1 Å². The third-order valence-electron chi connectivity index (χ3n) is 3.56. The molecule has 114 valence electrons. The number of likely N-dealkylation sites (tertiary alicyclic amines) is 1. The highest BCUT2D eigenvalue weighted by molar-refractivity contribution is 6.33. The molecule has 2 amide bonds. The number of nitrogens with two attached hydrogens (primary N) is 1. The first-order chi connectivity index (χ1) is 9.95. The Hall–Kier alpha value is -1.66. The minimum absolute atomic E-state index is 0.101. The van der Waals surface area contributed by atoms with E-state index in [1.54, 1.807) is 0 Å². The molecule has 0 bridgehead atoms. The Balaban J connectivity index is 1.84. The van der Waals surface area contributed by atoms with E-state index >= 15 is 0 Å². The van der Waals surface area contributed by atoms with Crippen LogP contribution in [0.4, 0.5) is 10.1 Å². The fraction of sp³-hybridized carbons (Fsp3) is 0.429. The number of anilines is 1. The maximum absolute atomic E-state index is 12.9. The van der Waals surface area contributed by atoms with E-state index in [0.717, 1.165) is 6.07 Å². The summed E-state index contributed by atoms with van der Waals surface area (Å²) < 4.78 is 12.9. The summed E-state index contributed by atoms with van der Waals surface area (Å²) >= 11 is 5.85. The lowest BCUT2D eigenvalue weighted by Gasteiger charge is -2.29. The molecule has 1 aromatic carbocycles. The summed E-state index contributed by atoms with van der Waals surface area (Å²) in [7, 11) is 0. The van der Waals surface area contributed by atoms with Crippen molar-refractivity contribution in [3.63, 3.8) is 0 Å². The lowest BCUT2D eigenvalue weighted by molar-refractivity contribution is -0.123. The molecule has 0 spiro atoms. The predicted octanol–water partition coefficient (Wildman–Crippen LogP) is 1.61. The fourth-order valence-corrected chi connectivity index (χ4v) is 2.57. The average Bonchev–Trinajstić information content (AvgIpc) is 2.42. The van der Waals surface area contributed by atoms with Crippen LogP contribution in [0.25, 0.3) is 0 Å². The monoisotopic (exact) mass is 313 g/mol. The first-order valence-corrected chi connectivity index (χ1v) is 7.10. The van der Waals surface area contributed by atoms with Crippen LogP contribution in [0.5, 0.6) is 0 Å². The zero-order valence-electron chi connectivity index (χ0n) is 11.4. The standard InChI is InChI=1S/C14H17ClFN3O2/c15-11-7-10(16)1-2-12(11)18-13(20)8-19-5-3-9(4-6-19)14(17)21/h1-2,7,9H,3-6,8H2,(H2,17,21)(H,18,20). The highest BCUT2D eigenvalue weighted by Gasteiger charge is 2.24. The molecule has 0 aromatic heterocycles. The number of primary amides is 1. The molecule has 1 fully saturated rings. The van der Waals surface area contributed by atoms with Crippen LogP contribution in [-0.4, -0.2) is 36.3 Å². The van der Waals surface area contributed by atoms with Gasteiger partial charge in [-0.1, -0.05) is 11.6 Å². The second-order valence-corrected chi connectivity index (χ2v) is 5.53. The quantitative estimate of drug-likeness (QED) is 0.887. The minimum Gasteiger partial charge on any atom is -0.369 e. The molecular weight excluding hydrogens is 297 g/mol. The predicted molar refractivity (Wildman–Crippen MR) is 78.4 cm³/mol. The normalized spacial score (nSPS) is 16.7.